The number of amides is 1. The molecule has 0 aliphatic carbocycles. The molecule has 2 aromatic rings. The van der Waals surface area contributed by atoms with Gasteiger partial charge in [-0.1, -0.05) is 0 Å². The van der Waals surface area contributed by atoms with Crippen molar-refractivity contribution in [3.05, 3.63) is 23.5 Å². The Kier molecular flexibility index (Phi) is 4.90. The Morgan fingerprint density at radius 2 is 2.14 bits per heavy atom. The zero-order chi connectivity index (χ0) is 15.4. The molecule has 2 heterocycles. The van der Waals surface area contributed by atoms with Crippen LogP contribution in [0.15, 0.2) is 12.3 Å². The van der Waals surface area contributed by atoms with Crippen LogP contribution in [-0.2, 0) is 0 Å². The van der Waals surface area contributed by atoms with Crippen molar-refractivity contribution in [1.29, 1.82) is 0 Å². The molecule has 21 heavy (non-hydrogen) atoms. The van der Waals surface area contributed by atoms with Crippen molar-refractivity contribution in [3.63, 3.8) is 0 Å². The Bertz CT molecular complexity index is 632. The summed E-state index contributed by atoms with van der Waals surface area (Å²) in [4.78, 5) is 16.9. The molecule has 1 amide bonds. The molecule has 0 bridgehead atoms. The van der Waals surface area contributed by atoms with Crippen LogP contribution in [0.5, 0.6) is 0 Å². The summed E-state index contributed by atoms with van der Waals surface area (Å²) >= 11 is 0. The van der Waals surface area contributed by atoms with Gasteiger partial charge in [0.05, 0.1) is 17.1 Å². The standard InChI is InChI=1S/C15H23N5O/c1-10(2)20-14-13(9-18-20)12(8-11(3)19-14)15(21)17-7-5-6-16-4/h8-10,16H,5-7H2,1-4H3,(H,17,21). The van der Waals surface area contributed by atoms with Crippen LogP contribution in [0.2, 0.25) is 0 Å². The first-order chi connectivity index (χ1) is 10.0. The van der Waals surface area contributed by atoms with Crippen LogP contribution in [-0.4, -0.2) is 40.8 Å². The molecule has 2 rings (SSSR count). The zero-order valence-electron chi connectivity index (χ0n) is 13.1. The summed E-state index contributed by atoms with van der Waals surface area (Å²) in [5, 5.41) is 11.2. The lowest BCUT2D eigenvalue weighted by Gasteiger charge is -2.09. The molecule has 0 radical (unpaired) electrons. The SMILES string of the molecule is CNCCCNC(=O)c1cc(C)nc2c1cnn2C(C)C. The van der Waals surface area contributed by atoms with Gasteiger partial charge in [-0.2, -0.15) is 5.10 Å². The maximum absolute atomic E-state index is 12.4. The van der Waals surface area contributed by atoms with Gasteiger partial charge in [0.15, 0.2) is 5.65 Å². The second-order valence-corrected chi connectivity index (χ2v) is 5.44. The van der Waals surface area contributed by atoms with Gasteiger partial charge in [0.1, 0.15) is 0 Å². The first kappa shape index (κ1) is 15.4. The van der Waals surface area contributed by atoms with Gasteiger partial charge < -0.3 is 10.6 Å². The van der Waals surface area contributed by atoms with Crippen LogP contribution in [0, 0.1) is 6.92 Å². The number of hydrogen-bond acceptors (Lipinski definition) is 4. The highest BCUT2D eigenvalue weighted by molar-refractivity contribution is 6.05. The van der Waals surface area contributed by atoms with Crippen molar-refractivity contribution >= 4 is 16.9 Å². The van der Waals surface area contributed by atoms with Crippen LogP contribution < -0.4 is 10.6 Å². The molecule has 2 aromatic heterocycles. The first-order valence-corrected chi connectivity index (χ1v) is 7.32. The third kappa shape index (κ3) is 3.39. The molecule has 0 unspecified atom stereocenters. The van der Waals surface area contributed by atoms with E-state index < -0.39 is 0 Å². The summed E-state index contributed by atoms with van der Waals surface area (Å²) in [6, 6.07) is 2.03. The number of aromatic nitrogens is 3. The van der Waals surface area contributed by atoms with Crippen molar-refractivity contribution in [1.82, 2.24) is 25.4 Å². The van der Waals surface area contributed by atoms with Gasteiger partial charge in [-0.3, -0.25) is 4.79 Å². The zero-order valence-corrected chi connectivity index (χ0v) is 13.1. The summed E-state index contributed by atoms with van der Waals surface area (Å²) in [6.45, 7) is 7.54. The van der Waals surface area contributed by atoms with Crippen LogP contribution in [0.4, 0.5) is 0 Å². The molecule has 6 nitrogen and oxygen atoms in total. The fourth-order valence-corrected chi connectivity index (χ4v) is 2.27. The summed E-state index contributed by atoms with van der Waals surface area (Å²) in [5.41, 5.74) is 2.24. The van der Waals surface area contributed by atoms with E-state index in [-0.39, 0.29) is 11.9 Å². The predicted molar refractivity (Wildman–Crippen MR) is 83.5 cm³/mol. The van der Waals surface area contributed by atoms with Gasteiger partial charge in [0.2, 0.25) is 0 Å². The molecule has 0 saturated carbocycles. The molecule has 2 N–H and O–H groups in total. The summed E-state index contributed by atoms with van der Waals surface area (Å²) < 4.78 is 1.85. The van der Waals surface area contributed by atoms with Gasteiger partial charge in [0, 0.05) is 18.3 Å². The molecule has 0 aliphatic heterocycles. The molecule has 114 valence electrons. The van der Waals surface area contributed by atoms with E-state index in [0.29, 0.717) is 12.1 Å². The summed E-state index contributed by atoms with van der Waals surface area (Å²) in [5.74, 6) is -0.0649. The summed E-state index contributed by atoms with van der Waals surface area (Å²) in [7, 11) is 1.90. The number of hydrogen-bond donors (Lipinski definition) is 2. The lowest BCUT2D eigenvalue weighted by molar-refractivity contribution is 0.0955. The van der Waals surface area contributed by atoms with E-state index in [0.717, 1.165) is 29.7 Å². The average molecular weight is 289 g/mol. The van der Waals surface area contributed by atoms with Gasteiger partial charge in [0.25, 0.3) is 5.91 Å². The van der Waals surface area contributed by atoms with Crippen molar-refractivity contribution in [2.45, 2.75) is 33.2 Å². The number of nitrogens with zero attached hydrogens (tertiary/aromatic N) is 3. The van der Waals surface area contributed by atoms with E-state index in [4.69, 9.17) is 0 Å². The highest BCUT2D eigenvalue weighted by Crippen LogP contribution is 2.20. The number of nitrogens with one attached hydrogen (secondary N) is 2. The fourth-order valence-electron chi connectivity index (χ4n) is 2.27. The Morgan fingerprint density at radius 1 is 1.38 bits per heavy atom. The third-order valence-electron chi connectivity index (χ3n) is 3.32. The smallest absolute Gasteiger partial charge is 0.252 e. The number of fused-ring (bicyclic) bond motifs is 1. The number of carbonyl (C=O) groups excluding carboxylic acids is 1. The fraction of sp³-hybridized carbons (Fsp3) is 0.533. The van der Waals surface area contributed by atoms with E-state index in [2.05, 4.69) is 20.7 Å². The van der Waals surface area contributed by atoms with Crippen LogP contribution in [0.25, 0.3) is 11.0 Å². The van der Waals surface area contributed by atoms with E-state index in [1.165, 1.54) is 0 Å². The highest BCUT2D eigenvalue weighted by Gasteiger charge is 2.16. The largest absolute Gasteiger partial charge is 0.352 e. The van der Waals surface area contributed by atoms with Crippen LogP contribution in [0.3, 0.4) is 0 Å². The molecule has 0 aliphatic rings. The minimum absolute atomic E-state index is 0.0649. The lowest BCUT2D eigenvalue weighted by atomic mass is 10.1. The summed E-state index contributed by atoms with van der Waals surface area (Å²) in [6.07, 6.45) is 2.63. The minimum atomic E-state index is -0.0649. The number of rotatable bonds is 6. The van der Waals surface area contributed by atoms with Gasteiger partial charge >= 0.3 is 0 Å². The normalized spacial score (nSPS) is 11.3. The van der Waals surface area contributed by atoms with Gasteiger partial charge in [-0.05, 0) is 46.9 Å². The molecule has 0 fully saturated rings. The Balaban J connectivity index is 2.29. The maximum Gasteiger partial charge on any atom is 0.252 e. The van der Waals surface area contributed by atoms with Crippen molar-refractivity contribution in [2.24, 2.45) is 0 Å². The van der Waals surface area contributed by atoms with Crippen molar-refractivity contribution in [2.75, 3.05) is 20.1 Å². The van der Waals surface area contributed by atoms with Gasteiger partial charge in [-0.25, -0.2) is 9.67 Å². The van der Waals surface area contributed by atoms with Crippen LogP contribution in [0.1, 0.15) is 42.4 Å². The van der Waals surface area contributed by atoms with Crippen molar-refractivity contribution < 1.29 is 4.79 Å². The van der Waals surface area contributed by atoms with E-state index in [1.807, 2.05) is 38.6 Å². The second kappa shape index (κ2) is 6.67. The average Bonchev–Trinajstić information content (AvgIpc) is 2.86. The molecule has 6 heteroatoms. The van der Waals surface area contributed by atoms with Gasteiger partial charge in [-0.15, -0.1) is 0 Å². The number of carbonyl (C=O) groups is 1. The molecule has 0 saturated heterocycles. The van der Waals surface area contributed by atoms with E-state index in [1.54, 1.807) is 6.20 Å². The molecule has 0 atom stereocenters. The third-order valence-corrected chi connectivity index (χ3v) is 3.32. The van der Waals surface area contributed by atoms with E-state index >= 15 is 0 Å². The molecule has 0 spiro atoms. The van der Waals surface area contributed by atoms with Crippen LogP contribution >= 0.6 is 0 Å². The van der Waals surface area contributed by atoms with E-state index in [9.17, 15) is 4.79 Å². The lowest BCUT2D eigenvalue weighted by Crippen LogP contribution is -2.26. The second-order valence-electron chi connectivity index (χ2n) is 5.44. The Hall–Kier alpha value is -1.95. The topological polar surface area (TPSA) is 71.8 Å². The monoisotopic (exact) mass is 289 g/mol. The number of pyridine rings is 1. The number of aryl methyl sites for hydroxylation is 1. The Morgan fingerprint density at radius 3 is 2.81 bits per heavy atom. The highest BCUT2D eigenvalue weighted by atomic mass is 16.1. The molecule has 0 aromatic carbocycles. The molecular formula is C15H23N5O. The van der Waals surface area contributed by atoms with Crippen molar-refractivity contribution in [3.8, 4) is 0 Å². The maximum atomic E-state index is 12.4. The Labute approximate surface area is 124 Å². The predicted octanol–water partition coefficient (Wildman–Crippen LogP) is 1.66. The minimum Gasteiger partial charge on any atom is -0.352 e. The molecular weight excluding hydrogens is 266 g/mol. The quantitative estimate of drug-likeness (QED) is 0.793. The first-order valence-electron chi connectivity index (χ1n) is 7.32.